The number of para-hydroxylation sites is 1. The summed E-state index contributed by atoms with van der Waals surface area (Å²) in [6, 6.07) is 11.5. The molecule has 3 aromatic rings. The minimum absolute atomic E-state index is 0.00402. The second kappa shape index (κ2) is 9.60. The molecule has 0 fully saturated rings. The van der Waals surface area contributed by atoms with Crippen molar-refractivity contribution < 1.29 is 14.5 Å². The molecule has 29 heavy (non-hydrogen) atoms. The number of nitrogens with zero attached hydrogens (tertiary/aromatic N) is 3. The molecule has 0 radical (unpaired) electrons. The van der Waals surface area contributed by atoms with Gasteiger partial charge in [0.15, 0.2) is 4.80 Å². The van der Waals surface area contributed by atoms with Crippen LogP contribution in [0.3, 0.4) is 0 Å². The van der Waals surface area contributed by atoms with Gasteiger partial charge in [0.2, 0.25) is 0 Å². The number of nitro benzene ring substituents is 1. The molecule has 0 bridgehead atoms. The molecular formula is C20H18ClN3O4S. The average molecular weight is 432 g/mol. The van der Waals surface area contributed by atoms with Crippen LogP contribution in [-0.4, -0.2) is 28.6 Å². The second-order valence-corrected chi connectivity index (χ2v) is 7.37. The number of thiazole rings is 1. The first-order chi connectivity index (χ1) is 14.0. The maximum Gasteiger partial charge on any atom is 0.272 e. The fourth-order valence-corrected chi connectivity index (χ4v) is 4.11. The number of carbonyl (C=O) groups excluding carboxylic acids is 1. The van der Waals surface area contributed by atoms with Gasteiger partial charge in [0.25, 0.3) is 11.6 Å². The van der Waals surface area contributed by atoms with E-state index in [1.165, 1.54) is 29.5 Å². The number of ether oxygens (including phenoxy) is 1. The third-order valence-electron chi connectivity index (χ3n) is 4.04. The zero-order chi connectivity index (χ0) is 20.8. The highest BCUT2D eigenvalue weighted by Crippen LogP contribution is 2.25. The lowest BCUT2D eigenvalue weighted by Crippen LogP contribution is -2.19. The molecule has 0 spiro atoms. The van der Waals surface area contributed by atoms with Gasteiger partial charge in [-0.25, -0.2) is 0 Å². The smallest absolute Gasteiger partial charge is 0.272 e. The molecule has 150 valence electrons. The van der Waals surface area contributed by atoms with E-state index in [9.17, 15) is 14.9 Å². The Labute approximate surface area is 175 Å². The lowest BCUT2D eigenvalue weighted by molar-refractivity contribution is -0.384. The van der Waals surface area contributed by atoms with Gasteiger partial charge in [-0.05, 0) is 42.8 Å². The van der Waals surface area contributed by atoms with Gasteiger partial charge in [-0.2, -0.15) is 4.99 Å². The van der Waals surface area contributed by atoms with Crippen LogP contribution in [0.2, 0.25) is 5.02 Å². The highest BCUT2D eigenvalue weighted by molar-refractivity contribution is 7.16. The normalized spacial score (nSPS) is 12.1. The quantitative estimate of drug-likeness (QED) is 0.239. The topological polar surface area (TPSA) is 86.7 Å². The average Bonchev–Trinajstić information content (AvgIpc) is 3.05. The fourth-order valence-electron chi connectivity index (χ4n) is 2.69. The van der Waals surface area contributed by atoms with Gasteiger partial charge < -0.3 is 9.30 Å². The predicted molar refractivity (Wildman–Crippen MR) is 114 cm³/mol. The number of carbonyl (C=O) groups is 1. The van der Waals surface area contributed by atoms with Gasteiger partial charge in [0, 0.05) is 31.4 Å². The highest BCUT2D eigenvalue weighted by Gasteiger charge is 2.10. The van der Waals surface area contributed by atoms with Crippen molar-refractivity contribution in [2.24, 2.45) is 4.99 Å². The number of benzene rings is 2. The fraction of sp³-hybridized carbons (Fsp3) is 0.200. The standard InChI is InChI=1S/C20H18ClN3O4S/c1-2-28-13-12-23-19-16(21)4-3-5-17(19)29-20(23)22-18(25)11-8-14-6-9-15(10-7-14)24(26)27/h3-11H,2,12-13H2,1H3/b11-8+,22-20?. The SMILES string of the molecule is CCOCCn1c(=NC(=O)/C=C/c2ccc([N+](=O)[O-])cc2)sc2cccc(Cl)c21. The molecule has 0 aliphatic carbocycles. The van der Waals surface area contributed by atoms with Gasteiger partial charge in [0.1, 0.15) is 0 Å². The summed E-state index contributed by atoms with van der Waals surface area (Å²) >= 11 is 7.74. The molecule has 0 aliphatic rings. The van der Waals surface area contributed by atoms with E-state index in [0.29, 0.717) is 35.1 Å². The Balaban J connectivity index is 1.89. The first kappa shape index (κ1) is 20.9. The van der Waals surface area contributed by atoms with E-state index < -0.39 is 10.8 Å². The van der Waals surface area contributed by atoms with E-state index in [0.717, 1.165) is 10.2 Å². The van der Waals surface area contributed by atoms with Crippen LogP contribution in [0.5, 0.6) is 0 Å². The zero-order valence-corrected chi connectivity index (χ0v) is 17.2. The summed E-state index contributed by atoms with van der Waals surface area (Å²) in [5.41, 5.74) is 1.49. The summed E-state index contributed by atoms with van der Waals surface area (Å²) < 4.78 is 8.25. The zero-order valence-electron chi connectivity index (χ0n) is 15.6. The Morgan fingerprint density at radius 3 is 2.76 bits per heavy atom. The van der Waals surface area contributed by atoms with Crippen LogP contribution in [0, 0.1) is 10.1 Å². The molecular weight excluding hydrogens is 414 g/mol. The summed E-state index contributed by atoms with van der Waals surface area (Å²) in [7, 11) is 0. The van der Waals surface area contributed by atoms with Crippen LogP contribution in [-0.2, 0) is 16.1 Å². The van der Waals surface area contributed by atoms with Crippen molar-refractivity contribution in [2.75, 3.05) is 13.2 Å². The molecule has 0 atom stereocenters. The molecule has 1 aromatic heterocycles. The monoisotopic (exact) mass is 431 g/mol. The largest absolute Gasteiger partial charge is 0.380 e. The molecule has 0 saturated carbocycles. The number of aromatic nitrogens is 1. The molecule has 2 aromatic carbocycles. The third-order valence-corrected chi connectivity index (χ3v) is 5.39. The van der Waals surface area contributed by atoms with E-state index in [2.05, 4.69) is 4.99 Å². The van der Waals surface area contributed by atoms with Crippen LogP contribution in [0.4, 0.5) is 5.69 Å². The molecule has 0 aliphatic heterocycles. The van der Waals surface area contributed by atoms with Gasteiger partial charge in [-0.1, -0.05) is 29.0 Å². The minimum atomic E-state index is -0.471. The van der Waals surface area contributed by atoms with Crippen LogP contribution in [0.25, 0.3) is 16.3 Å². The maximum atomic E-state index is 12.4. The molecule has 0 saturated heterocycles. The van der Waals surface area contributed by atoms with Crippen LogP contribution in [0.15, 0.2) is 53.5 Å². The van der Waals surface area contributed by atoms with Crippen molar-refractivity contribution in [1.29, 1.82) is 0 Å². The van der Waals surface area contributed by atoms with Crippen molar-refractivity contribution in [3.63, 3.8) is 0 Å². The Bertz CT molecular complexity index is 1130. The highest BCUT2D eigenvalue weighted by atomic mass is 35.5. The molecule has 0 unspecified atom stereocenters. The summed E-state index contributed by atoms with van der Waals surface area (Å²) in [5.74, 6) is -0.434. The molecule has 1 heterocycles. The van der Waals surface area contributed by atoms with Crippen molar-refractivity contribution in [3.05, 3.63) is 74.0 Å². The number of fused-ring (bicyclic) bond motifs is 1. The van der Waals surface area contributed by atoms with E-state index in [-0.39, 0.29) is 5.69 Å². The van der Waals surface area contributed by atoms with E-state index in [1.54, 1.807) is 24.3 Å². The predicted octanol–water partition coefficient (Wildman–Crippen LogP) is 4.44. The van der Waals surface area contributed by atoms with E-state index in [1.807, 2.05) is 23.6 Å². The first-order valence-corrected chi connectivity index (χ1v) is 10.1. The number of halogens is 1. The van der Waals surface area contributed by atoms with Crippen LogP contribution in [0.1, 0.15) is 12.5 Å². The van der Waals surface area contributed by atoms with Crippen molar-refractivity contribution in [1.82, 2.24) is 4.57 Å². The second-order valence-electron chi connectivity index (χ2n) is 5.95. The van der Waals surface area contributed by atoms with Gasteiger partial charge >= 0.3 is 0 Å². The van der Waals surface area contributed by atoms with Crippen molar-refractivity contribution in [3.8, 4) is 0 Å². The van der Waals surface area contributed by atoms with Crippen molar-refractivity contribution >= 4 is 50.8 Å². The number of rotatable bonds is 7. The number of hydrogen-bond donors (Lipinski definition) is 0. The van der Waals surface area contributed by atoms with E-state index >= 15 is 0 Å². The van der Waals surface area contributed by atoms with Crippen molar-refractivity contribution in [2.45, 2.75) is 13.5 Å². The van der Waals surface area contributed by atoms with Crippen LogP contribution >= 0.6 is 22.9 Å². The molecule has 9 heteroatoms. The first-order valence-electron chi connectivity index (χ1n) is 8.86. The molecule has 0 N–H and O–H groups in total. The van der Waals surface area contributed by atoms with Gasteiger partial charge in [-0.15, -0.1) is 0 Å². The number of nitro groups is 1. The van der Waals surface area contributed by atoms with E-state index in [4.69, 9.17) is 16.3 Å². The van der Waals surface area contributed by atoms with Gasteiger partial charge in [-0.3, -0.25) is 14.9 Å². The Hall–Kier alpha value is -2.81. The summed E-state index contributed by atoms with van der Waals surface area (Å²) in [5, 5.41) is 11.3. The van der Waals surface area contributed by atoms with Gasteiger partial charge in [0.05, 0.1) is 26.8 Å². The minimum Gasteiger partial charge on any atom is -0.380 e. The third kappa shape index (κ3) is 5.17. The van der Waals surface area contributed by atoms with Crippen LogP contribution < -0.4 is 4.80 Å². The Kier molecular flexibility index (Phi) is 6.92. The summed E-state index contributed by atoms with van der Waals surface area (Å²) in [6.45, 7) is 3.52. The summed E-state index contributed by atoms with van der Waals surface area (Å²) in [4.78, 5) is 27.3. The lowest BCUT2D eigenvalue weighted by atomic mass is 10.2. The number of amides is 1. The molecule has 1 amide bonds. The molecule has 7 nitrogen and oxygen atoms in total. The molecule has 3 rings (SSSR count). The maximum absolute atomic E-state index is 12.4. The summed E-state index contributed by atoms with van der Waals surface area (Å²) in [6.07, 6.45) is 2.90. The number of hydrogen-bond acceptors (Lipinski definition) is 5. The number of non-ortho nitro benzene ring substituents is 1. The Morgan fingerprint density at radius 2 is 2.07 bits per heavy atom. The Morgan fingerprint density at radius 1 is 1.31 bits per heavy atom. The lowest BCUT2D eigenvalue weighted by Gasteiger charge is -2.06.